The number of ketones is 1. The molecule has 0 atom stereocenters. The number of carbonyl (C=O) groups is 1. The second kappa shape index (κ2) is 6.05. The van der Waals surface area contributed by atoms with Crippen LogP contribution in [-0.2, 0) is 0 Å². The van der Waals surface area contributed by atoms with E-state index < -0.39 is 5.82 Å². The van der Waals surface area contributed by atoms with E-state index in [2.05, 4.69) is 15.9 Å². The van der Waals surface area contributed by atoms with Crippen LogP contribution in [-0.4, -0.2) is 20.0 Å². The van der Waals surface area contributed by atoms with Crippen LogP contribution in [0.4, 0.5) is 4.39 Å². The van der Waals surface area contributed by atoms with E-state index in [0.29, 0.717) is 22.6 Å². The molecule has 0 N–H and O–H groups in total. The van der Waals surface area contributed by atoms with Gasteiger partial charge in [0.25, 0.3) is 0 Å². The molecule has 0 bridgehead atoms. The van der Waals surface area contributed by atoms with Crippen molar-refractivity contribution in [1.82, 2.24) is 0 Å². The molecule has 0 amide bonds. The second-order valence-electron chi connectivity index (χ2n) is 4.00. The van der Waals surface area contributed by atoms with E-state index in [0.717, 1.165) is 0 Å². The van der Waals surface area contributed by atoms with Gasteiger partial charge in [0.1, 0.15) is 22.9 Å². The molecule has 0 fully saturated rings. The first-order valence-electron chi connectivity index (χ1n) is 5.79. The van der Waals surface area contributed by atoms with Gasteiger partial charge in [-0.3, -0.25) is 4.79 Å². The predicted molar refractivity (Wildman–Crippen MR) is 77.1 cm³/mol. The summed E-state index contributed by atoms with van der Waals surface area (Å²) in [5.41, 5.74) is 0.664. The standard InChI is InChI=1S/C15H12BrFO3/c1-19-12-4-3-5-13(20-2)14(12)15(18)9-6-7-11(17)10(16)8-9/h3-8H,1-2H3. The molecule has 0 aliphatic carbocycles. The van der Waals surface area contributed by atoms with Crippen molar-refractivity contribution in [2.24, 2.45) is 0 Å². The third-order valence-electron chi connectivity index (χ3n) is 2.84. The van der Waals surface area contributed by atoms with Gasteiger partial charge in [-0.15, -0.1) is 0 Å². The number of benzene rings is 2. The van der Waals surface area contributed by atoms with Gasteiger partial charge < -0.3 is 9.47 Å². The maximum atomic E-state index is 13.2. The summed E-state index contributed by atoms with van der Waals surface area (Å²) in [6, 6.07) is 9.18. The summed E-state index contributed by atoms with van der Waals surface area (Å²) < 4.78 is 23.9. The van der Waals surface area contributed by atoms with Gasteiger partial charge in [-0.2, -0.15) is 0 Å². The van der Waals surface area contributed by atoms with E-state index in [4.69, 9.17) is 9.47 Å². The normalized spacial score (nSPS) is 10.2. The number of hydrogen-bond donors (Lipinski definition) is 0. The average molecular weight is 339 g/mol. The van der Waals surface area contributed by atoms with Crippen LogP contribution in [0, 0.1) is 5.82 Å². The summed E-state index contributed by atoms with van der Waals surface area (Å²) in [5.74, 6) is 0.109. The first-order valence-corrected chi connectivity index (χ1v) is 6.58. The molecule has 3 nitrogen and oxygen atoms in total. The van der Waals surface area contributed by atoms with Crippen molar-refractivity contribution in [3.8, 4) is 11.5 Å². The Morgan fingerprint density at radius 3 is 2.20 bits per heavy atom. The van der Waals surface area contributed by atoms with Crippen LogP contribution in [0.2, 0.25) is 0 Å². The minimum atomic E-state index is -0.423. The SMILES string of the molecule is COc1cccc(OC)c1C(=O)c1ccc(F)c(Br)c1. The van der Waals surface area contributed by atoms with Crippen molar-refractivity contribution >= 4 is 21.7 Å². The second-order valence-corrected chi connectivity index (χ2v) is 4.85. The number of hydrogen-bond acceptors (Lipinski definition) is 3. The van der Waals surface area contributed by atoms with Crippen molar-refractivity contribution in [3.63, 3.8) is 0 Å². The molecule has 0 heterocycles. The largest absolute Gasteiger partial charge is 0.496 e. The zero-order chi connectivity index (χ0) is 14.7. The Morgan fingerprint density at radius 1 is 1.10 bits per heavy atom. The zero-order valence-electron chi connectivity index (χ0n) is 10.9. The quantitative estimate of drug-likeness (QED) is 0.794. The van der Waals surface area contributed by atoms with E-state index in [-0.39, 0.29) is 10.3 Å². The molecule has 20 heavy (non-hydrogen) atoms. The van der Waals surface area contributed by atoms with Crippen molar-refractivity contribution in [2.45, 2.75) is 0 Å². The van der Waals surface area contributed by atoms with Crippen LogP contribution in [0.1, 0.15) is 15.9 Å². The molecule has 0 unspecified atom stereocenters. The summed E-state index contributed by atoms with van der Waals surface area (Å²) in [6.45, 7) is 0. The van der Waals surface area contributed by atoms with Crippen molar-refractivity contribution in [3.05, 3.63) is 57.8 Å². The lowest BCUT2D eigenvalue weighted by atomic mass is 10.0. The van der Waals surface area contributed by atoms with Gasteiger partial charge in [0.2, 0.25) is 5.78 Å². The van der Waals surface area contributed by atoms with Crippen LogP contribution in [0.25, 0.3) is 0 Å². The van der Waals surface area contributed by atoms with Crippen LogP contribution >= 0.6 is 15.9 Å². The minimum Gasteiger partial charge on any atom is -0.496 e. The Hall–Kier alpha value is -1.88. The van der Waals surface area contributed by atoms with Crippen molar-refractivity contribution < 1.29 is 18.7 Å². The van der Waals surface area contributed by atoms with Crippen LogP contribution < -0.4 is 9.47 Å². The number of rotatable bonds is 4. The molecule has 0 aromatic heterocycles. The van der Waals surface area contributed by atoms with Gasteiger partial charge in [-0.1, -0.05) is 6.07 Å². The lowest BCUT2D eigenvalue weighted by molar-refractivity contribution is 0.103. The highest BCUT2D eigenvalue weighted by atomic mass is 79.9. The highest BCUT2D eigenvalue weighted by Crippen LogP contribution is 2.31. The Morgan fingerprint density at radius 2 is 1.70 bits per heavy atom. The molecule has 2 aromatic rings. The van der Waals surface area contributed by atoms with Gasteiger partial charge in [0.05, 0.1) is 18.7 Å². The number of methoxy groups -OCH3 is 2. The Kier molecular flexibility index (Phi) is 4.39. The van der Waals surface area contributed by atoms with Gasteiger partial charge in [0, 0.05) is 5.56 Å². The maximum Gasteiger partial charge on any atom is 0.200 e. The van der Waals surface area contributed by atoms with E-state index in [9.17, 15) is 9.18 Å². The molecule has 0 saturated carbocycles. The molecule has 0 saturated heterocycles. The molecule has 0 aliphatic heterocycles. The Bertz CT molecular complexity index is 633. The molecule has 104 valence electrons. The topological polar surface area (TPSA) is 35.5 Å². The van der Waals surface area contributed by atoms with Gasteiger partial charge in [0.15, 0.2) is 0 Å². The third-order valence-corrected chi connectivity index (χ3v) is 3.44. The summed E-state index contributed by atoms with van der Waals surface area (Å²) in [7, 11) is 2.96. The summed E-state index contributed by atoms with van der Waals surface area (Å²) in [6.07, 6.45) is 0. The fraction of sp³-hybridized carbons (Fsp3) is 0.133. The first-order chi connectivity index (χ1) is 9.58. The molecule has 0 aliphatic rings. The van der Waals surface area contributed by atoms with E-state index in [1.807, 2.05) is 0 Å². The van der Waals surface area contributed by atoms with Crippen LogP contribution in [0.15, 0.2) is 40.9 Å². The van der Waals surface area contributed by atoms with Crippen molar-refractivity contribution in [2.75, 3.05) is 14.2 Å². The van der Waals surface area contributed by atoms with Crippen LogP contribution in [0.5, 0.6) is 11.5 Å². The van der Waals surface area contributed by atoms with E-state index in [1.54, 1.807) is 18.2 Å². The first kappa shape index (κ1) is 14.5. The van der Waals surface area contributed by atoms with Gasteiger partial charge >= 0.3 is 0 Å². The average Bonchev–Trinajstić information content (AvgIpc) is 2.48. The highest BCUT2D eigenvalue weighted by Gasteiger charge is 2.20. The fourth-order valence-corrected chi connectivity index (χ4v) is 2.24. The lowest BCUT2D eigenvalue weighted by Gasteiger charge is -2.12. The van der Waals surface area contributed by atoms with Gasteiger partial charge in [-0.05, 0) is 46.3 Å². The Balaban J connectivity index is 2.55. The van der Waals surface area contributed by atoms with E-state index >= 15 is 0 Å². The highest BCUT2D eigenvalue weighted by molar-refractivity contribution is 9.10. The number of halogens is 2. The van der Waals surface area contributed by atoms with Crippen LogP contribution in [0.3, 0.4) is 0 Å². The fourth-order valence-electron chi connectivity index (χ4n) is 1.86. The monoisotopic (exact) mass is 338 g/mol. The molecule has 5 heteroatoms. The number of ether oxygens (including phenoxy) is 2. The predicted octanol–water partition coefficient (Wildman–Crippen LogP) is 3.84. The lowest BCUT2D eigenvalue weighted by Crippen LogP contribution is -2.06. The van der Waals surface area contributed by atoms with Crippen molar-refractivity contribution in [1.29, 1.82) is 0 Å². The summed E-state index contributed by atoms with van der Waals surface area (Å²) in [4.78, 5) is 12.6. The molecule has 2 rings (SSSR count). The molecular weight excluding hydrogens is 327 g/mol. The minimum absolute atomic E-state index is 0.234. The number of carbonyl (C=O) groups excluding carboxylic acids is 1. The zero-order valence-corrected chi connectivity index (χ0v) is 12.5. The molecule has 0 spiro atoms. The molecule has 0 radical (unpaired) electrons. The third kappa shape index (κ3) is 2.67. The van der Waals surface area contributed by atoms with Gasteiger partial charge in [-0.25, -0.2) is 4.39 Å². The maximum absolute atomic E-state index is 13.2. The smallest absolute Gasteiger partial charge is 0.200 e. The summed E-state index contributed by atoms with van der Waals surface area (Å²) in [5, 5.41) is 0. The molecule has 2 aromatic carbocycles. The van der Waals surface area contributed by atoms with E-state index in [1.165, 1.54) is 32.4 Å². The Labute approximate surface area is 124 Å². The summed E-state index contributed by atoms with van der Waals surface area (Å²) >= 11 is 3.07. The molecular formula is C15H12BrFO3.